The van der Waals surface area contributed by atoms with Gasteiger partial charge in [0.2, 0.25) is 5.89 Å². The minimum atomic E-state index is -4.24. The van der Waals surface area contributed by atoms with Crippen molar-refractivity contribution in [3.63, 3.8) is 0 Å². The van der Waals surface area contributed by atoms with E-state index in [1.807, 2.05) is 0 Å². The second kappa shape index (κ2) is 5.68. The summed E-state index contributed by atoms with van der Waals surface area (Å²) in [4.78, 5) is 15.1. The highest BCUT2D eigenvalue weighted by molar-refractivity contribution is 5.86. The highest BCUT2D eigenvalue weighted by Gasteiger charge is 2.64. The van der Waals surface area contributed by atoms with Crippen LogP contribution in [0.2, 0.25) is 0 Å². The molecule has 0 aliphatic heterocycles. The molecule has 2 aliphatic rings. The largest absolute Gasteiger partial charge is 0.478 e. The van der Waals surface area contributed by atoms with Gasteiger partial charge in [-0.15, -0.1) is 0 Å². The van der Waals surface area contributed by atoms with E-state index in [9.17, 15) is 18.0 Å². The molecule has 0 atom stereocenters. The minimum absolute atomic E-state index is 0.0501. The monoisotopic (exact) mass is 378 g/mol. The number of hydrogen-bond acceptors (Lipinski definition) is 4. The van der Waals surface area contributed by atoms with Gasteiger partial charge >= 0.3 is 12.1 Å². The fourth-order valence-corrected chi connectivity index (χ4v) is 3.51. The number of halogens is 3. The average Bonchev–Trinajstić information content (AvgIpc) is 3.52. The molecule has 5 nitrogen and oxygen atoms in total. The normalized spacial score (nSPS) is 19.5. The van der Waals surface area contributed by atoms with Gasteiger partial charge < -0.3 is 9.63 Å². The lowest BCUT2D eigenvalue weighted by molar-refractivity contribution is -0.160. The first-order valence-electron chi connectivity index (χ1n) is 8.60. The van der Waals surface area contributed by atoms with Crippen LogP contribution in [0.15, 0.2) is 40.9 Å². The zero-order valence-electron chi connectivity index (χ0n) is 14.3. The first kappa shape index (κ1) is 17.8. The first-order valence-corrected chi connectivity index (χ1v) is 8.60. The van der Waals surface area contributed by atoms with E-state index in [1.165, 1.54) is 0 Å². The third kappa shape index (κ3) is 2.83. The Bertz CT molecular complexity index is 907. The minimum Gasteiger partial charge on any atom is -0.478 e. The molecule has 0 amide bonds. The maximum atomic E-state index is 13.3. The highest BCUT2D eigenvalue weighted by atomic mass is 19.4. The molecule has 1 aromatic heterocycles. The Morgan fingerprint density at radius 1 is 1.15 bits per heavy atom. The molecule has 8 heteroatoms. The Morgan fingerprint density at radius 2 is 1.74 bits per heavy atom. The van der Waals surface area contributed by atoms with Crippen molar-refractivity contribution in [1.82, 2.24) is 10.1 Å². The topological polar surface area (TPSA) is 76.2 Å². The molecule has 2 aromatic rings. The summed E-state index contributed by atoms with van der Waals surface area (Å²) in [6.45, 7) is 3.43. The average molecular weight is 378 g/mol. The fourth-order valence-electron chi connectivity index (χ4n) is 3.51. The summed E-state index contributed by atoms with van der Waals surface area (Å²) in [5.41, 5.74) is -1.09. The number of aliphatic carboxylic acids is 1. The standard InChI is InChI=1S/C19H17F3N2O3/c1-11(15(25)26)10-14-23-16(24-27-14)17(6-7-17)12-2-4-13(5-3-12)18(8-9-18)19(20,21)22/h2-5H,1,6-10H2,(H,25,26). The van der Waals surface area contributed by atoms with Gasteiger partial charge in [-0.1, -0.05) is 36.0 Å². The Labute approximate surface area is 152 Å². The second-order valence-electron chi connectivity index (χ2n) is 7.34. The van der Waals surface area contributed by atoms with Crippen LogP contribution in [-0.2, 0) is 22.0 Å². The predicted molar refractivity (Wildman–Crippen MR) is 88.2 cm³/mol. The molecular weight excluding hydrogens is 361 g/mol. The van der Waals surface area contributed by atoms with Crippen LogP contribution < -0.4 is 0 Å². The van der Waals surface area contributed by atoms with E-state index in [-0.39, 0.29) is 30.7 Å². The third-order valence-electron chi connectivity index (χ3n) is 5.60. The summed E-state index contributed by atoms with van der Waals surface area (Å²) in [5.74, 6) is -0.542. The number of hydrogen-bond donors (Lipinski definition) is 1. The van der Waals surface area contributed by atoms with Gasteiger partial charge in [-0.05, 0) is 36.8 Å². The quantitative estimate of drug-likeness (QED) is 0.771. The number of carboxylic acids is 1. The molecule has 0 spiro atoms. The van der Waals surface area contributed by atoms with Crippen molar-refractivity contribution in [2.75, 3.05) is 0 Å². The first-order chi connectivity index (χ1) is 12.7. The van der Waals surface area contributed by atoms with Crippen LogP contribution >= 0.6 is 0 Å². The molecule has 27 heavy (non-hydrogen) atoms. The number of aromatic nitrogens is 2. The maximum Gasteiger partial charge on any atom is 0.398 e. The van der Waals surface area contributed by atoms with Crippen LogP contribution in [0, 0.1) is 0 Å². The smallest absolute Gasteiger partial charge is 0.398 e. The Hall–Kier alpha value is -2.64. The van der Waals surface area contributed by atoms with E-state index in [0.717, 1.165) is 18.4 Å². The van der Waals surface area contributed by atoms with Crippen LogP contribution in [0.1, 0.15) is 48.5 Å². The van der Waals surface area contributed by atoms with E-state index < -0.39 is 23.0 Å². The van der Waals surface area contributed by atoms with Gasteiger partial charge in [0.15, 0.2) is 5.82 Å². The SMILES string of the molecule is C=C(Cc1nc(C2(c3ccc(C4(C(F)(F)F)CC4)cc3)CC2)no1)C(=O)O. The maximum absolute atomic E-state index is 13.3. The fraction of sp³-hybridized carbons (Fsp3) is 0.421. The molecule has 2 aliphatic carbocycles. The van der Waals surface area contributed by atoms with E-state index >= 15 is 0 Å². The molecule has 0 radical (unpaired) electrons. The van der Waals surface area contributed by atoms with E-state index in [4.69, 9.17) is 9.63 Å². The van der Waals surface area contributed by atoms with Gasteiger partial charge in [-0.2, -0.15) is 18.2 Å². The molecule has 0 saturated heterocycles. The van der Waals surface area contributed by atoms with Crippen molar-refractivity contribution in [1.29, 1.82) is 0 Å². The molecule has 2 saturated carbocycles. The molecule has 4 rings (SSSR count). The van der Waals surface area contributed by atoms with E-state index in [2.05, 4.69) is 16.7 Å². The second-order valence-corrected chi connectivity index (χ2v) is 7.34. The molecular formula is C19H17F3N2O3. The van der Waals surface area contributed by atoms with Crippen molar-refractivity contribution < 1.29 is 27.6 Å². The Morgan fingerprint density at radius 3 is 2.22 bits per heavy atom. The van der Waals surface area contributed by atoms with Crippen LogP contribution in [-0.4, -0.2) is 27.4 Å². The molecule has 0 unspecified atom stereocenters. The highest BCUT2D eigenvalue weighted by Crippen LogP contribution is 2.59. The summed E-state index contributed by atoms with van der Waals surface area (Å²) >= 11 is 0. The van der Waals surface area contributed by atoms with Crippen molar-refractivity contribution >= 4 is 5.97 Å². The Balaban J connectivity index is 1.56. The predicted octanol–water partition coefficient (Wildman–Crippen LogP) is 3.93. The number of alkyl halides is 3. The van der Waals surface area contributed by atoms with Crippen LogP contribution in [0.4, 0.5) is 13.2 Å². The zero-order valence-corrected chi connectivity index (χ0v) is 14.3. The number of carboxylic acid groups (broad SMARTS) is 1. The molecule has 142 valence electrons. The molecule has 1 N–H and O–H groups in total. The molecule has 1 aromatic carbocycles. The van der Waals surface area contributed by atoms with Crippen molar-refractivity contribution in [2.45, 2.75) is 49.1 Å². The van der Waals surface area contributed by atoms with Gasteiger partial charge in [-0.25, -0.2) is 4.79 Å². The number of rotatable bonds is 6. The number of nitrogens with zero attached hydrogens (tertiary/aromatic N) is 2. The lowest BCUT2D eigenvalue weighted by atomic mass is 9.89. The number of benzene rings is 1. The molecule has 1 heterocycles. The summed E-state index contributed by atoms with van der Waals surface area (Å²) in [6, 6.07) is 6.51. The van der Waals surface area contributed by atoms with Gasteiger partial charge in [0.1, 0.15) is 0 Å². The van der Waals surface area contributed by atoms with Crippen molar-refractivity contribution in [2.24, 2.45) is 0 Å². The van der Waals surface area contributed by atoms with Gasteiger partial charge in [0.25, 0.3) is 0 Å². The summed E-state index contributed by atoms with van der Waals surface area (Å²) in [5, 5.41) is 12.8. The third-order valence-corrected chi connectivity index (χ3v) is 5.60. The van der Waals surface area contributed by atoms with Crippen LogP contribution in [0.5, 0.6) is 0 Å². The summed E-state index contributed by atoms with van der Waals surface area (Å²) in [6.07, 6.45) is -2.51. The van der Waals surface area contributed by atoms with Gasteiger partial charge in [0, 0.05) is 5.57 Å². The number of carbonyl (C=O) groups is 1. The van der Waals surface area contributed by atoms with E-state index in [0.29, 0.717) is 11.4 Å². The van der Waals surface area contributed by atoms with Gasteiger partial charge in [0.05, 0.1) is 17.3 Å². The molecule has 0 bridgehead atoms. The lowest BCUT2D eigenvalue weighted by Crippen LogP contribution is -2.28. The van der Waals surface area contributed by atoms with Crippen molar-refractivity contribution in [3.8, 4) is 0 Å². The lowest BCUT2D eigenvalue weighted by Gasteiger charge is -2.20. The molecule has 2 fully saturated rings. The van der Waals surface area contributed by atoms with Crippen LogP contribution in [0.3, 0.4) is 0 Å². The van der Waals surface area contributed by atoms with E-state index in [1.54, 1.807) is 24.3 Å². The zero-order chi connectivity index (χ0) is 19.4. The van der Waals surface area contributed by atoms with Crippen molar-refractivity contribution in [3.05, 3.63) is 59.3 Å². The Kier molecular flexibility index (Phi) is 3.73. The summed E-state index contributed by atoms with van der Waals surface area (Å²) < 4.78 is 45.0. The summed E-state index contributed by atoms with van der Waals surface area (Å²) in [7, 11) is 0. The van der Waals surface area contributed by atoms with Crippen LogP contribution in [0.25, 0.3) is 0 Å². The van der Waals surface area contributed by atoms with Gasteiger partial charge in [-0.3, -0.25) is 0 Å².